The molecule has 3 aromatic carbocycles. The monoisotopic (exact) mass is 387 g/mol. The lowest BCUT2D eigenvalue weighted by Crippen LogP contribution is -2.35. The van der Waals surface area contributed by atoms with Gasteiger partial charge in [-0.3, -0.25) is 4.79 Å². The van der Waals surface area contributed by atoms with E-state index >= 15 is 0 Å². The molecule has 0 N–H and O–H groups in total. The van der Waals surface area contributed by atoms with E-state index in [4.69, 9.17) is 0 Å². The Morgan fingerprint density at radius 2 is 1.54 bits per heavy atom. The minimum atomic E-state index is -0.269. The summed E-state index contributed by atoms with van der Waals surface area (Å²) in [5, 5.41) is 0.0861. The van der Waals surface area contributed by atoms with E-state index in [0.29, 0.717) is 0 Å². The Bertz CT molecular complexity index is 915. The van der Waals surface area contributed by atoms with Crippen LogP contribution in [-0.2, 0) is 4.79 Å². The normalized spacial score (nSPS) is 16.5. The number of aryl methyl sites for hydroxylation is 2. The number of hydrogen-bond acceptors (Lipinski definition) is 2. The Morgan fingerprint density at radius 3 is 2.11 bits per heavy atom. The van der Waals surface area contributed by atoms with Gasteiger partial charge in [-0.15, -0.1) is 11.8 Å². The summed E-state index contributed by atoms with van der Waals surface area (Å²) in [6.45, 7) is 5.05. The molecule has 0 unspecified atom stereocenters. The number of amides is 1. The van der Waals surface area contributed by atoms with E-state index in [-0.39, 0.29) is 17.2 Å². The zero-order chi connectivity index (χ0) is 19.5. The molecule has 0 spiro atoms. The smallest absolute Gasteiger partial charge is 0.235 e. The minimum absolute atomic E-state index is 0.0861. The summed E-state index contributed by atoms with van der Waals surface area (Å²) in [6, 6.07) is 26.8. The molecule has 1 aliphatic heterocycles. The molecule has 1 heterocycles. The summed E-state index contributed by atoms with van der Waals surface area (Å²) in [7, 11) is 0. The van der Waals surface area contributed by atoms with Crippen LogP contribution >= 0.6 is 11.8 Å². The van der Waals surface area contributed by atoms with Crippen molar-refractivity contribution >= 4 is 17.7 Å². The molecule has 28 heavy (non-hydrogen) atoms. The summed E-state index contributed by atoms with van der Waals surface area (Å²) in [6.07, 6.45) is 0. The van der Waals surface area contributed by atoms with E-state index in [9.17, 15) is 4.79 Å². The summed E-state index contributed by atoms with van der Waals surface area (Å²) >= 11 is 1.86. The zero-order valence-electron chi connectivity index (χ0n) is 16.3. The van der Waals surface area contributed by atoms with Gasteiger partial charge in [0, 0.05) is 12.3 Å². The molecule has 1 atom stereocenters. The molecule has 0 saturated carbocycles. The van der Waals surface area contributed by atoms with Gasteiger partial charge in [0.25, 0.3) is 0 Å². The highest BCUT2D eigenvalue weighted by atomic mass is 32.2. The predicted molar refractivity (Wildman–Crippen MR) is 118 cm³/mol. The maximum Gasteiger partial charge on any atom is 0.235 e. The van der Waals surface area contributed by atoms with Gasteiger partial charge < -0.3 is 4.90 Å². The van der Waals surface area contributed by atoms with Gasteiger partial charge in [-0.1, -0.05) is 84.4 Å². The van der Waals surface area contributed by atoms with Gasteiger partial charge in [-0.2, -0.15) is 0 Å². The second-order valence-corrected chi connectivity index (χ2v) is 8.56. The number of carbonyl (C=O) groups excluding carboxylic acids is 1. The highest BCUT2D eigenvalue weighted by molar-refractivity contribution is 7.99. The van der Waals surface area contributed by atoms with Gasteiger partial charge in [0.2, 0.25) is 5.91 Å². The van der Waals surface area contributed by atoms with E-state index in [0.717, 1.165) is 23.4 Å². The van der Waals surface area contributed by atoms with E-state index in [1.54, 1.807) is 0 Å². The van der Waals surface area contributed by atoms with E-state index in [2.05, 4.69) is 61.2 Å². The maximum atomic E-state index is 13.8. The van der Waals surface area contributed by atoms with Gasteiger partial charge in [0.05, 0.1) is 5.92 Å². The van der Waals surface area contributed by atoms with Crippen molar-refractivity contribution in [2.45, 2.75) is 25.1 Å². The van der Waals surface area contributed by atoms with Gasteiger partial charge in [-0.05, 0) is 36.1 Å². The van der Waals surface area contributed by atoms with Crippen molar-refractivity contribution in [1.82, 2.24) is 4.90 Å². The Hall–Kier alpha value is -2.52. The molecule has 142 valence electrons. The van der Waals surface area contributed by atoms with Crippen LogP contribution in [0.5, 0.6) is 0 Å². The number of benzene rings is 3. The Balaban J connectivity index is 1.72. The van der Waals surface area contributed by atoms with Gasteiger partial charge in [-0.25, -0.2) is 0 Å². The molecule has 1 amide bonds. The van der Waals surface area contributed by atoms with E-state index in [1.165, 1.54) is 16.7 Å². The molecule has 1 aliphatic rings. The SMILES string of the molecule is Cc1ccc([C@@H]2SCCN2C(=O)C(c2ccccc2)c2ccccc2)c(C)c1. The van der Waals surface area contributed by atoms with Crippen molar-refractivity contribution in [1.29, 1.82) is 0 Å². The second-order valence-electron chi connectivity index (χ2n) is 7.37. The second kappa shape index (κ2) is 8.24. The Kier molecular flexibility index (Phi) is 5.54. The fraction of sp³-hybridized carbons (Fsp3) is 0.240. The largest absolute Gasteiger partial charge is 0.325 e. The van der Waals surface area contributed by atoms with Gasteiger partial charge in [0.15, 0.2) is 0 Å². The van der Waals surface area contributed by atoms with Crippen LogP contribution in [0.15, 0.2) is 78.9 Å². The van der Waals surface area contributed by atoms with Crippen molar-refractivity contribution < 1.29 is 4.79 Å². The lowest BCUT2D eigenvalue weighted by Gasteiger charge is -2.30. The quantitative estimate of drug-likeness (QED) is 0.571. The Morgan fingerprint density at radius 1 is 0.929 bits per heavy atom. The van der Waals surface area contributed by atoms with Crippen LogP contribution < -0.4 is 0 Å². The van der Waals surface area contributed by atoms with Crippen LogP contribution in [0, 0.1) is 13.8 Å². The first-order valence-corrected chi connectivity index (χ1v) is 10.8. The fourth-order valence-corrected chi connectivity index (χ4v) is 5.35. The molecule has 0 aliphatic carbocycles. The van der Waals surface area contributed by atoms with Crippen LogP contribution in [0.3, 0.4) is 0 Å². The third-order valence-corrected chi connectivity index (χ3v) is 6.62. The van der Waals surface area contributed by atoms with Crippen LogP contribution in [0.4, 0.5) is 0 Å². The van der Waals surface area contributed by atoms with Crippen LogP contribution in [-0.4, -0.2) is 23.1 Å². The lowest BCUT2D eigenvalue weighted by atomic mass is 9.89. The molecule has 0 radical (unpaired) electrons. The molecule has 3 aromatic rings. The molecule has 3 heteroatoms. The average Bonchev–Trinajstić information content (AvgIpc) is 3.19. The topological polar surface area (TPSA) is 20.3 Å². The molecule has 0 bridgehead atoms. The zero-order valence-corrected chi connectivity index (χ0v) is 17.2. The van der Waals surface area contributed by atoms with Gasteiger partial charge >= 0.3 is 0 Å². The first kappa shape index (κ1) is 18.8. The number of thioether (sulfide) groups is 1. The maximum absolute atomic E-state index is 13.8. The molecule has 2 nitrogen and oxygen atoms in total. The van der Waals surface area contributed by atoms with Crippen molar-refractivity contribution in [2.24, 2.45) is 0 Å². The molecule has 4 rings (SSSR count). The highest BCUT2D eigenvalue weighted by Crippen LogP contribution is 2.42. The Labute approximate surface area is 171 Å². The first-order valence-electron chi connectivity index (χ1n) is 9.74. The minimum Gasteiger partial charge on any atom is -0.325 e. The van der Waals surface area contributed by atoms with Crippen LogP contribution in [0.1, 0.15) is 39.1 Å². The average molecular weight is 388 g/mol. The summed E-state index contributed by atoms with van der Waals surface area (Å²) in [5.41, 5.74) is 5.87. The number of nitrogens with zero attached hydrogens (tertiary/aromatic N) is 1. The number of carbonyl (C=O) groups is 1. The number of rotatable bonds is 4. The fourth-order valence-electron chi connectivity index (χ4n) is 3.99. The molecular formula is C25H25NOS. The van der Waals surface area contributed by atoms with Crippen LogP contribution in [0.2, 0.25) is 0 Å². The molecule has 1 saturated heterocycles. The summed E-state index contributed by atoms with van der Waals surface area (Å²) in [4.78, 5) is 15.9. The third-order valence-electron chi connectivity index (χ3n) is 5.38. The van der Waals surface area contributed by atoms with Crippen molar-refractivity contribution in [3.05, 3.63) is 107 Å². The first-order chi connectivity index (χ1) is 13.6. The van der Waals surface area contributed by atoms with Crippen molar-refractivity contribution in [2.75, 3.05) is 12.3 Å². The molecule has 0 aromatic heterocycles. The van der Waals surface area contributed by atoms with E-state index in [1.807, 2.05) is 48.2 Å². The van der Waals surface area contributed by atoms with Gasteiger partial charge in [0.1, 0.15) is 5.37 Å². The van der Waals surface area contributed by atoms with Crippen molar-refractivity contribution in [3.8, 4) is 0 Å². The summed E-state index contributed by atoms with van der Waals surface area (Å²) in [5.74, 6) is 0.891. The van der Waals surface area contributed by atoms with E-state index < -0.39 is 0 Å². The highest BCUT2D eigenvalue weighted by Gasteiger charge is 2.36. The lowest BCUT2D eigenvalue weighted by molar-refractivity contribution is -0.132. The molecule has 1 fully saturated rings. The predicted octanol–water partition coefficient (Wildman–Crippen LogP) is 5.71. The van der Waals surface area contributed by atoms with Crippen LogP contribution in [0.25, 0.3) is 0 Å². The van der Waals surface area contributed by atoms with Crippen molar-refractivity contribution in [3.63, 3.8) is 0 Å². The summed E-state index contributed by atoms with van der Waals surface area (Å²) < 4.78 is 0. The third kappa shape index (κ3) is 3.72. The number of hydrogen-bond donors (Lipinski definition) is 0. The standard InChI is InChI=1S/C25H25NOS/c1-18-13-14-22(19(2)17-18)25-26(15-16-28-25)24(27)23(20-9-5-3-6-10-20)21-11-7-4-8-12-21/h3-14,17,23,25H,15-16H2,1-2H3/t25-/m0/s1. The molecular weight excluding hydrogens is 362 g/mol.